The number of rotatable bonds is 4. The Morgan fingerprint density at radius 2 is 2.23 bits per heavy atom. The normalized spacial score (nSPS) is 31.6. The Morgan fingerprint density at radius 1 is 1.38 bits per heavy atom. The average molecular weight is 184 g/mol. The highest BCUT2D eigenvalue weighted by molar-refractivity contribution is 4.90. The fraction of sp³-hybridized carbons (Fsp3) is 1.00. The van der Waals surface area contributed by atoms with Crippen molar-refractivity contribution in [2.45, 2.75) is 43.7 Å². The fourth-order valence-corrected chi connectivity index (χ4v) is 2.17. The maximum Gasteiger partial charge on any atom is 0.0771 e. The van der Waals surface area contributed by atoms with Crippen molar-refractivity contribution in [3.05, 3.63) is 0 Å². The Balaban J connectivity index is 1.57. The second-order valence-electron chi connectivity index (χ2n) is 4.50. The maximum atomic E-state index is 9.80. The van der Waals surface area contributed by atoms with Crippen molar-refractivity contribution in [1.29, 1.82) is 0 Å². The summed E-state index contributed by atoms with van der Waals surface area (Å²) in [5, 5.41) is 16.6. The largest absolute Gasteiger partial charge is 0.389 e. The molecule has 13 heavy (non-hydrogen) atoms. The lowest BCUT2D eigenvalue weighted by atomic mass is 9.80. The van der Waals surface area contributed by atoms with Crippen LogP contribution in [-0.4, -0.2) is 36.4 Å². The molecule has 1 aliphatic carbocycles. The molecule has 1 saturated heterocycles. The Labute approximate surface area is 79.9 Å². The highest BCUT2D eigenvalue weighted by Crippen LogP contribution is 2.30. The molecule has 3 N–H and O–H groups in total. The summed E-state index contributed by atoms with van der Waals surface area (Å²) >= 11 is 0. The summed E-state index contributed by atoms with van der Waals surface area (Å²) in [6.07, 6.45) is 5.75. The molecule has 3 nitrogen and oxygen atoms in total. The summed E-state index contributed by atoms with van der Waals surface area (Å²) in [5.74, 6) is 0. The van der Waals surface area contributed by atoms with Crippen LogP contribution in [0.3, 0.4) is 0 Å². The molecule has 1 aliphatic heterocycles. The third-order valence-electron chi connectivity index (χ3n) is 3.29. The van der Waals surface area contributed by atoms with E-state index in [1.807, 2.05) is 0 Å². The molecule has 0 aromatic carbocycles. The van der Waals surface area contributed by atoms with E-state index < -0.39 is 0 Å². The van der Waals surface area contributed by atoms with Crippen molar-refractivity contribution >= 4 is 0 Å². The number of nitrogens with one attached hydrogen (secondary N) is 2. The van der Waals surface area contributed by atoms with Gasteiger partial charge in [-0.25, -0.2) is 0 Å². The summed E-state index contributed by atoms with van der Waals surface area (Å²) in [6, 6.07) is 0.642. The van der Waals surface area contributed by atoms with Gasteiger partial charge in [0.15, 0.2) is 0 Å². The van der Waals surface area contributed by atoms with Gasteiger partial charge in [-0.2, -0.15) is 0 Å². The molecule has 1 unspecified atom stereocenters. The molecule has 0 bridgehead atoms. The second kappa shape index (κ2) is 3.95. The van der Waals surface area contributed by atoms with Crippen LogP contribution < -0.4 is 10.6 Å². The lowest BCUT2D eigenvalue weighted by molar-refractivity contribution is -0.0313. The molecule has 0 aromatic heterocycles. The van der Waals surface area contributed by atoms with Gasteiger partial charge in [0.05, 0.1) is 5.60 Å². The van der Waals surface area contributed by atoms with Crippen molar-refractivity contribution < 1.29 is 5.11 Å². The third-order valence-corrected chi connectivity index (χ3v) is 3.29. The van der Waals surface area contributed by atoms with Gasteiger partial charge in [-0.1, -0.05) is 0 Å². The van der Waals surface area contributed by atoms with Crippen molar-refractivity contribution in [3.8, 4) is 0 Å². The summed E-state index contributed by atoms with van der Waals surface area (Å²) in [7, 11) is 0. The first-order valence-corrected chi connectivity index (χ1v) is 5.45. The topological polar surface area (TPSA) is 44.3 Å². The predicted octanol–water partition coefficient (Wildman–Crippen LogP) is 0.243. The zero-order valence-electron chi connectivity index (χ0n) is 8.18. The number of aliphatic hydroxyl groups is 1. The molecular formula is C10H20N2O. The van der Waals surface area contributed by atoms with E-state index in [-0.39, 0.29) is 5.60 Å². The Morgan fingerprint density at radius 3 is 2.77 bits per heavy atom. The lowest BCUT2D eigenvalue weighted by Gasteiger charge is -2.37. The van der Waals surface area contributed by atoms with E-state index in [0.29, 0.717) is 6.04 Å². The maximum absolute atomic E-state index is 9.80. The first kappa shape index (κ1) is 9.44. The van der Waals surface area contributed by atoms with Crippen LogP contribution in [0.2, 0.25) is 0 Å². The van der Waals surface area contributed by atoms with Crippen LogP contribution in [0, 0.1) is 0 Å². The van der Waals surface area contributed by atoms with Crippen LogP contribution in [0.15, 0.2) is 0 Å². The number of hydrogen-bond acceptors (Lipinski definition) is 3. The van der Waals surface area contributed by atoms with Gasteiger partial charge >= 0.3 is 0 Å². The quantitative estimate of drug-likeness (QED) is 0.586. The van der Waals surface area contributed by atoms with Crippen molar-refractivity contribution in [3.63, 3.8) is 0 Å². The van der Waals surface area contributed by atoms with Gasteiger partial charge in [0.25, 0.3) is 0 Å². The number of hydrogen-bond donors (Lipinski definition) is 3. The Kier molecular flexibility index (Phi) is 2.86. The minimum atomic E-state index is -0.362. The van der Waals surface area contributed by atoms with Gasteiger partial charge < -0.3 is 15.7 Å². The van der Waals surface area contributed by atoms with E-state index in [2.05, 4.69) is 10.6 Å². The van der Waals surface area contributed by atoms with Crippen LogP contribution in [0.1, 0.15) is 32.1 Å². The van der Waals surface area contributed by atoms with Crippen LogP contribution >= 0.6 is 0 Å². The highest BCUT2D eigenvalue weighted by atomic mass is 16.3. The molecule has 0 spiro atoms. The molecule has 0 amide bonds. The fourth-order valence-electron chi connectivity index (χ4n) is 2.17. The van der Waals surface area contributed by atoms with Crippen molar-refractivity contribution in [1.82, 2.24) is 10.6 Å². The summed E-state index contributed by atoms with van der Waals surface area (Å²) in [5.41, 5.74) is -0.362. The van der Waals surface area contributed by atoms with E-state index in [0.717, 1.165) is 32.5 Å². The molecule has 1 heterocycles. The van der Waals surface area contributed by atoms with Gasteiger partial charge in [-0.05, 0) is 38.6 Å². The third kappa shape index (κ3) is 2.42. The van der Waals surface area contributed by atoms with Gasteiger partial charge in [0, 0.05) is 19.1 Å². The summed E-state index contributed by atoms with van der Waals surface area (Å²) in [6.45, 7) is 2.96. The molecule has 3 heteroatoms. The van der Waals surface area contributed by atoms with E-state index in [9.17, 15) is 5.11 Å². The highest BCUT2D eigenvalue weighted by Gasteiger charge is 2.33. The smallest absolute Gasteiger partial charge is 0.0771 e. The molecular weight excluding hydrogens is 164 g/mol. The second-order valence-corrected chi connectivity index (χ2v) is 4.50. The first-order valence-electron chi connectivity index (χ1n) is 5.45. The van der Waals surface area contributed by atoms with Crippen LogP contribution in [-0.2, 0) is 0 Å². The van der Waals surface area contributed by atoms with Gasteiger partial charge in [0.2, 0.25) is 0 Å². The zero-order chi connectivity index (χ0) is 9.15. The van der Waals surface area contributed by atoms with Crippen molar-refractivity contribution in [2.24, 2.45) is 0 Å². The lowest BCUT2D eigenvalue weighted by Crippen LogP contribution is -2.48. The minimum absolute atomic E-state index is 0.362. The minimum Gasteiger partial charge on any atom is -0.389 e. The monoisotopic (exact) mass is 184 g/mol. The molecule has 2 fully saturated rings. The van der Waals surface area contributed by atoms with Gasteiger partial charge in [-0.15, -0.1) is 0 Å². The summed E-state index contributed by atoms with van der Waals surface area (Å²) < 4.78 is 0. The average Bonchev–Trinajstić information content (AvgIpc) is 2.54. The van der Waals surface area contributed by atoms with E-state index in [4.69, 9.17) is 0 Å². The van der Waals surface area contributed by atoms with Crippen molar-refractivity contribution in [2.75, 3.05) is 19.6 Å². The molecule has 0 aromatic rings. The Hall–Kier alpha value is -0.120. The van der Waals surface area contributed by atoms with E-state index in [1.165, 1.54) is 19.3 Å². The summed E-state index contributed by atoms with van der Waals surface area (Å²) in [4.78, 5) is 0. The van der Waals surface area contributed by atoms with E-state index in [1.54, 1.807) is 0 Å². The van der Waals surface area contributed by atoms with Crippen LogP contribution in [0.5, 0.6) is 0 Å². The molecule has 1 saturated carbocycles. The molecule has 2 rings (SSSR count). The van der Waals surface area contributed by atoms with Gasteiger partial charge in [0.1, 0.15) is 0 Å². The molecule has 76 valence electrons. The zero-order valence-corrected chi connectivity index (χ0v) is 8.18. The van der Waals surface area contributed by atoms with Crippen LogP contribution in [0.25, 0.3) is 0 Å². The SMILES string of the molecule is OC1(CNCC2CCCN2)CCC1. The van der Waals surface area contributed by atoms with E-state index >= 15 is 0 Å². The molecule has 1 atom stereocenters. The standard InChI is InChI=1S/C10H20N2O/c13-10(4-2-5-10)8-11-7-9-3-1-6-12-9/h9,11-13H,1-8H2. The van der Waals surface area contributed by atoms with Gasteiger partial charge in [-0.3, -0.25) is 0 Å². The molecule has 0 radical (unpaired) electrons. The van der Waals surface area contributed by atoms with Crippen LogP contribution in [0.4, 0.5) is 0 Å². The first-order chi connectivity index (χ1) is 6.29. The Bertz CT molecular complexity index is 162. The molecule has 2 aliphatic rings. The predicted molar refractivity (Wildman–Crippen MR) is 52.7 cm³/mol.